The Bertz CT molecular complexity index is 1140. The van der Waals surface area contributed by atoms with Gasteiger partial charge in [0.05, 0.1) is 27.0 Å². The summed E-state index contributed by atoms with van der Waals surface area (Å²) >= 11 is 18.3. The third kappa shape index (κ3) is 7.25. The minimum Gasteiger partial charge on any atom is -0.355 e. The van der Waals surface area contributed by atoms with Crippen LogP contribution in [0, 0.1) is 6.92 Å². The molecule has 0 radical (unpaired) electrons. The number of nitrogens with zero attached hydrogens (tertiary/aromatic N) is 2. The fourth-order valence-corrected chi connectivity index (χ4v) is 4.95. The quantitative estimate of drug-likeness (QED) is 0.437. The van der Waals surface area contributed by atoms with Gasteiger partial charge in [-0.3, -0.25) is 13.9 Å². The number of carbonyl (C=O) groups is 2. The maximum Gasteiger partial charge on any atom is 0.244 e. The summed E-state index contributed by atoms with van der Waals surface area (Å²) in [4.78, 5) is 27.7. The molecule has 34 heavy (non-hydrogen) atoms. The molecule has 11 heteroatoms. The first-order valence-corrected chi connectivity index (χ1v) is 13.6. The summed E-state index contributed by atoms with van der Waals surface area (Å²) in [5.41, 5.74) is 1.88. The SMILES string of the molecule is CCNC(=O)[C@H](CC)N(Cc1ccc(C)cc1)C(=O)CN(c1cc(Cl)c(Cl)cc1Cl)S(C)(=O)=O. The number of carbonyl (C=O) groups excluding carboxylic acids is 2. The summed E-state index contributed by atoms with van der Waals surface area (Å²) in [6, 6.07) is 9.36. The Labute approximate surface area is 216 Å². The molecule has 0 aliphatic rings. The Kier molecular flexibility index (Phi) is 10.1. The lowest BCUT2D eigenvalue weighted by atomic mass is 10.1. The van der Waals surface area contributed by atoms with Crippen molar-refractivity contribution in [3.05, 3.63) is 62.6 Å². The highest BCUT2D eigenvalue weighted by Gasteiger charge is 2.32. The van der Waals surface area contributed by atoms with Crippen LogP contribution in [0.5, 0.6) is 0 Å². The number of benzene rings is 2. The molecule has 2 aromatic carbocycles. The molecular formula is C23H28Cl3N3O4S. The fourth-order valence-electron chi connectivity index (χ4n) is 3.40. The Hall–Kier alpha value is -2.00. The standard InChI is InChI=1S/C23H28Cl3N3O4S/c1-5-20(23(31)27-6-2)28(13-16-9-7-15(3)8-10-16)22(30)14-29(34(4,32)33)21-12-18(25)17(24)11-19(21)26/h7-12,20H,5-6,13-14H2,1-4H3,(H,27,31)/t20-/m0/s1. The largest absolute Gasteiger partial charge is 0.355 e. The second kappa shape index (κ2) is 12.1. The van der Waals surface area contributed by atoms with E-state index in [-0.39, 0.29) is 33.2 Å². The lowest BCUT2D eigenvalue weighted by Crippen LogP contribution is -2.52. The number of nitrogens with one attached hydrogen (secondary N) is 1. The van der Waals surface area contributed by atoms with E-state index >= 15 is 0 Å². The molecule has 0 bridgehead atoms. The second-order valence-electron chi connectivity index (χ2n) is 7.81. The highest BCUT2D eigenvalue weighted by atomic mass is 35.5. The van der Waals surface area contributed by atoms with E-state index in [1.54, 1.807) is 13.8 Å². The number of amides is 2. The van der Waals surface area contributed by atoms with Crippen LogP contribution >= 0.6 is 34.8 Å². The van der Waals surface area contributed by atoms with Crippen LogP contribution in [0.4, 0.5) is 5.69 Å². The molecule has 0 aromatic heterocycles. The van der Waals surface area contributed by atoms with Crippen LogP contribution < -0.4 is 9.62 Å². The molecule has 0 unspecified atom stereocenters. The van der Waals surface area contributed by atoms with Gasteiger partial charge in [-0.2, -0.15) is 0 Å². The highest BCUT2D eigenvalue weighted by Crippen LogP contribution is 2.35. The molecule has 0 saturated carbocycles. The van der Waals surface area contributed by atoms with Gasteiger partial charge in [-0.15, -0.1) is 0 Å². The third-order valence-electron chi connectivity index (χ3n) is 5.15. The van der Waals surface area contributed by atoms with Gasteiger partial charge in [0.25, 0.3) is 0 Å². The third-order valence-corrected chi connectivity index (χ3v) is 7.30. The zero-order valence-electron chi connectivity index (χ0n) is 19.4. The summed E-state index contributed by atoms with van der Waals surface area (Å²) in [5, 5.41) is 3.01. The predicted octanol–water partition coefficient (Wildman–Crippen LogP) is 4.66. The Balaban J connectivity index is 2.49. The van der Waals surface area contributed by atoms with Gasteiger partial charge >= 0.3 is 0 Å². The van der Waals surface area contributed by atoms with Crippen molar-refractivity contribution in [3.63, 3.8) is 0 Å². The van der Waals surface area contributed by atoms with Gasteiger partial charge in [-0.05, 0) is 38.0 Å². The second-order valence-corrected chi connectivity index (χ2v) is 10.9. The highest BCUT2D eigenvalue weighted by molar-refractivity contribution is 7.92. The zero-order valence-corrected chi connectivity index (χ0v) is 22.5. The smallest absolute Gasteiger partial charge is 0.244 e. The number of hydrogen-bond donors (Lipinski definition) is 1. The van der Waals surface area contributed by atoms with Crippen LogP contribution in [0.2, 0.25) is 15.1 Å². The number of sulfonamides is 1. The van der Waals surface area contributed by atoms with Crippen molar-refractivity contribution in [2.24, 2.45) is 0 Å². The number of hydrogen-bond acceptors (Lipinski definition) is 4. The molecule has 7 nitrogen and oxygen atoms in total. The minimum absolute atomic E-state index is 0.0215. The van der Waals surface area contributed by atoms with E-state index in [0.717, 1.165) is 21.7 Å². The fraction of sp³-hybridized carbons (Fsp3) is 0.391. The van der Waals surface area contributed by atoms with Crippen LogP contribution in [0.3, 0.4) is 0 Å². The van der Waals surface area contributed by atoms with Crippen molar-refractivity contribution in [2.45, 2.75) is 39.8 Å². The zero-order chi connectivity index (χ0) is 25.6. The van der Waals surface area contributed by atoms with Crippen LogP contribution in [0.1, 0.15) is 31.4 Å². The molecule has 2 rings (SSSR count). The first-order chi connectivity index (χ1) is 15.9. The van der Waals surface area contributed by atoms with E-state index in [1.807, 2.05) is 31.2 Å². The van der Waals surface area contributed by atoms with Crippen molar-refractivity contribution >= 4 is 62.3 Å². The van der Waals surface area contributed by atoms with Gasteiger partial charge in [-0.1, -0.05) is 71.6 Å². The van der Waals surface area contributed by atoms with Gasteiger partial charge in [0.2, 0.25) is 21.8 Å². The van der Waals surface area contributed by atoms with Gasteiger partial charge in [0, 0.05) is 13.1 Å². The number of anilines is 1. The molecule has 2 aromatic rings. The minimum atomic E-state index is -3.94. The van der Waals surface area contributed by atoms with Crippen molar-refractivity contribution in [1.29, 1.82) is 0 Å². The van der Waals surface area contributed by atoms with Crippen molar-refractivity contribution in [1.82, 2.24) is 10.2 Å². The van der Waals surface area contributed by atoms with Gasteiger partial charge < -0.3 is 10.2 Å². The molecule has 2 amide bonds. The van der Waals surface area contributed by atoms with E-state index in [2.05, 4.69) is 5.32 Å². The predicted molar refractivity (Wildman–Crippen MR) is 138 cm³/mol. The van der Waals surface area contributed by atoms with E-state index in [0.29, 0.717) is 13.0 Å². The maximum absolute atomic E-state index is 13.6. The molecule has 1 atom stereocenters. The monoisotopic (exact) mass is 547 g/mol. The normalized spacial score (nSPS) is 12.2. The topological polar surface area (TPSA) is 86.8 Å². The summed E-state index contributed by atoms with van der Waals surface area (Å²) in [7, 11) is -3.94. The average molecular weight is 549 g/mol. The van der Waals surface area contributed by atoms with Crippen molar-refractivity contribution in [3.8, 4) is 0 Å². The average Bonchev–Trinajstić information content (AvgIpc) is 2.75. The molecular weight excluding hydrogens is 521 g/mol. The first kappa shape index (κ1) is 28.2. The first-order valence-electron chi connectivity index (χ1n) is 10.6. The maximum atomic E-state index is 13.6. The van der Waals surface area contributed by atoms with Crippen molar-refractivity contribution in [2.75, 3.05) is 23.7 Å². The van der Waals surface area contributed by atoms with Crippen LogP contribution in [-0.4, -0.2) is 50.5 Å². The molecule has 0 aliphatic heterocycles. The van der Waals surface area contributed by atoms with Crippen LogP contribution in [-0.2, 0) is 26.2 Å². The molecule has 0 saturated heterocycles. The number of likely N-dealkylation sites (N-methyl/N-ethyl adjacent to an activating group) is 1. The van der Waals surface area contributed by atoms with E-state index < -0.39 is 28.5 Å². The summed E-state index contributed by atoms with van der Waals surface area (Å²) < 4.78 is 26.2. The number of aryl methyl sites for hydroxylation is 1. The van der Waals surface area contributed by atoms with Gasteiger partial charge in [0.1, 0.15) is 12.6 Å². The van der Waals surface area contributed by atoms with E-state index in [4.69, 9.17) is 34.8 Å². The Morgan fingerprint density at radius 1 is 1.00 bits per heavy atom. The van der Waals surface area contributed by atoms with E-state index in [1.165, 1.54) is 17.0 Å². The molecule has 0 spiro atoms. The lowest BCUT2D eigenvalue weighted by molar-refractivity contribution is -0.140. The summed E-state index contributed by atoms with van der Waals surface area (Å²) in [6.07, 6.45) is 1.31. The van der Waals surface area contributed by atoms with Gasteiger partial charge in [-0.25, -0.2) is 8.42 Å². The van der Waals surface area contributed by atoms with Gasteiger partial charge in [0.15, 0.2) is 0 Å². The lowest BCUT2D eigenvalue weighted by Gasteiger charge is -2.33. The summed E-state index contributed by atoms with van der Waals surface area (Å²) in [6.45, 7) is 5.48. The van der Waals surface area contributed by atoms with Crippen LogP contribution in [0.15, 0.2) is 36.4 Å². The molecule has 0 fully saturated rings. The Morgan fingerprint density at radius 2 is 1.59 bits per heavy atom. The number of rotatable bonds is 10. The number of halogens is 3. The van der Waals surface area contributed by atoms with Crippen LogP contribution in [0.25, 0.3) is 0 Å². The molecule has 1 N–H and O–H groups in total. The summed E-state index contributed by atoms with van der Waals surface area (Å²) in [5.74, 6) is -0.879. The Morgan fingerprint density at radius 3 is 2.12 bits per heavy atom. The van der Waals surface area contributed by atoms with E-state index in [9.17, 15) is 18.0 Å². The molecule has 186 valence electrons. The molecule has 0 aliphatic carbocycles. The van der Waals surface area contributed by atoms with Crippen molar-refractivity contribution < 1.29 is 18.0 Å². The molecule has 0 heterocycles.